The van der Waals surface area contributed by atoms with Crippen molar-refractivity contribution in [3.8, 4) is 0 Å². The van der Waals surface area contributed by atoms with Crippen LogP contribution in [0.15, 0.2) is 12.1 Å². The summed E-state index contributed by atoms with van der Waals surface area (Å²) >= 11 is 1.93. The third-order valence-electron chi connectivity index (χ3n) is 2.97. The van der Waals surface area contributed by atoms with E-state index in [4.69, 9.17) is 0 Å². The maximum absolute atomic E-state index is 3.57. The second-order valence-corrected chi connectivity index (χ2v) is 6.64. The lowest BCUT2D eigenvalue weighted by Gasteiger charge is -2.27. The van der Waals surface area contributed by atoms with Gasteiger partial charge in [0.2, 0.25) is 0 Å². The summed E-state index contributed by atoms with van der Waals surface area (Å²) in [5.74, 6) is 0. The van der Waals surface area contributed by atoms with Gasteiger partial charge in [0.05, 0.1) is 0 Å². The maximum Gasteiger partial charge on any atom is 0.0105 e. The molecule has 1 rings (SSSR count). The molecule has 0 aromatic carbocycles. The number of aryl methyl sites for hydroxylation is 1. The number of nitrogens with one attached hydrogen (secondary N) is 1. The molecule has 16 heavy (non-hydrogen) atoms. The molecule has 0 saturated heterocycles. The SMILES string of the molecule is CCCNC(C)CC(C)(C)c1ccc(C)s1. The zero-order valence-electron chi connectivity index (χ0n) is 11.3. The molecular weight excluding hydrogens is 214 g/mol. The quantitative estimate of drug-likeness (QED) is 0.787. The van der Waals surface area contributed by atoms with Gasteiger partial charge >= 0.3 is 0 Å². The highest BCUT2D eigenvalue weighted by Crippen LogP contribution is 2.33. The molecule has 0 saturated carbocycles. The van der Waals surface area contributed by atoms with E-state index < -0.39 is 0 Å². The predicted molar refractivity (Wildman–Crippen MR) is 74.5 cm³/mol. The van der Waals surface area contributed by atoms with Gasteiger partial charge in [0.15, 0.2) is 0 Å². The molecule has 2 heteroatoms. The summed E-state index contributed by atoms with van der Waals surface area (Å²) in [4.78, 5) is 2.92. The molecule has 92 valence electrons. The molecule has 0 spiro atoms. The Balaban J connectivity index is 2.57. The highest BCUT2D eigenvalue weighted by Gasteiger charge is 2.24. The van der Waals surface area contributed by atoms with Gasteiger partial charge in [-0.05, 0) is 45.4 Å². The van der Waals surface area contributed by atoms with E-state index in [9.17, 15) is 0 Å². The fourth-order valence-corrected chi connectivity index (χ4v) is 3.11. The van der Waals surface area contributed by atoms with Crippen LogP contribution in [-0.2, 0) is 5.41 Å². The van der Waals surface area contributed by atoms with E-state index in [1.54, 1.807) is 0 Å². The molecule has 0 aliphatic carbocycles. The lowest BCUT2D eigenvalue weighted by Crippen LogP contribution is -2.33. The van der Waals surface area contributed by atoms with Crippen LogP contribution in [0.25, 0.3) is 0 Å². The van der Waals surface area contributed by atoms with Crippen LogP contribution in [0, 0.1) is 6.92 Å². The fourth-order valence-electron chi connectivity index (χ4n) is 2.13. The van der Waals surface area contributed by atoms with E-state index in [0.717, 1.165) is 6.54 Å². The van der Waals surface area contributed by atoms with E-state index in [0.29, 0.717) is 11.5 Å². The van der Waals surface area contributed by atoms with Crippen LogP contribution in [0.5, 0.6) is 0 Å². The van der Waals surface area contributed by atoms with Gasteiger partial charge in [0.25, 0.3) is 0 Å². The van der Waals surface area contributed by atoms with Crippen molar-refractivity contribution >= 4 is 11.3 Å². The van der Waals surface area contributed by atoms with Gasteiger partial charge < -0.3 is 5.32 Å². The second kappa shape index (κ2) is 5.83. The second-order valence-electron chi connectivity index (χ2n) is 5.35. The minimum Gasteiger partial charge on any atom is -0.314 e. The Hall–Kier alpha value is -0.340. The number of hydrogen-bond donors (Lipinski definition) is 1. The fraction of sp³-hybridized carbons (Fsp3) is 0.714. The standard InChI is InChI=1S/C14H25NS/c1-6-9-15-11(2)10-14(4,5)13-8-7-12(3)16-13/h7-8,11,15H,6,9-10H2,1-5H3. The van der Waals surface area contributed by atoms with Crippen molar-refractivity contribution in [1.82, 2.24) is 5.32 Å². The zero-order valence-corrected chi connectivity index (χ0v) is 12.1. The highest BCUT2D eigenvalue weighted by atomic mass is 32.1. The van der Waals surface area contributed by atoms with Crippen LogP contribution in [0.3, 0.4) is 0 Å². The Morgan fingerprint density at radius 1 is 1.38 bits per heavy atom. The average Bonchev–Trinajstić information content (AvgIpc) is 2.62. The van der Waals surface area contributed by atoms with E-state index in [-0.39, 0.29) is 0 Å². The Labute approximate surface area is 104 Å². The molecule has 1 heterocycles. The van der Waals surface area contributed by atoms with Crippen LogP contribution in [0.1, 0.15) is 50.3 Å². The van der Waals surface area contributed by atoms with Gasteiger partial charge in [-0.15, -0.1) is 11.3 Å². The molecule has 1 aromatic heterocycles. The van der Waals surface area contributed by atoms with Crippen LogP contribution in [-0.4, -0.2) is 12.6 Å². The molecule has 0 aliphatic heterocycles. The van der Waals surface area contributed by atoms with Crippen LogP contribution < -0.4 is 5.32 Å². The number of rotatable bonds is 6. The monoisotopic (exact) mass is 239 g/mol. The van der Waals surface area contributed by atoms with E-state index in [2.05, 4.69) is 52.1 Å². The Morgan fingerprint density at radius 3 is 2.56 bits per heavy atom. The predicted octanol–water partition coefficient (Wildman–Crippen LogP) is 4.11. The van der Waals surface area contributed by atoms with Gasteiger partial charge in [-0.3, -0.25) is 0 Å². The smallest absolute Gasteiger partial charge is 0.0105 e. The molecule has 0 amide bonds. The van der Waals surface area contributed by atoms with Crippen molar-refractivity contribution in [2.75, 3.05) is 6.54 Å². The molecule has 1 unspecified atom stereocenters. The van der Waals surface area contributed by atoms with Gasteiger partial charge in [-0.1, -0.05) is 20.8 Å². The van der Waals surface area contributed by atoms with Gasteiger partial charge in [0, 0.05) is 21.2 Å². The summed E-state index contributed by atoms with van der Waals surface area (Å²) in [6, 6.07) is 5.11. The highest BCUT2D eigenvalue weighted by molar-refractivity contribution is 7.12. The zero-order chi connectivity index (χ0) is 12.2. The molecular formula is C14H25NS. The molecule has 0 aliphatic rings. The molecule has 1 aromatic rings. The molecule has 0 radical (unpaired) electrons. The maximum atomic E-state index is 3.57. The summed E-state index contributed by atoms with van der Waals surface area (Å²) in [5, 5.41) is 3.57. The summed E-state index contributed by atoms with van der Waals surface area (Å²) in [6.45, 7) is 12.5. The first-order valence-corrected chi connectivity index (χ1v) is 7.07. The van der Waals surface area contributed by atoms with E-state index in [1.165, 1.54) is 22.6 Å². The van der Waals surface area contributed by atoms with Crippen molar-refractivity contribution in [3.63, 3.8) is 0 Å². The molecule has 0 fully saturated rings. The molecule has 1 nitrogen and oxygen atoms in total. The lowest BCUT2D eigenvalue weighted by atomic mass is 9.84. The number of thiophene rings is 1. The minimum absolute atomic E-state index is 0.291. The van der Waals surface area contributed by atoms with E-state index in [1.807, 2.05) is 11.3 Å². The average molecular weight is 239 g/mol. The summed E-state index contributed by atoms with van der Waals surface area (Å²) in [5.41, 5.74) is 0.291. The molecule has 0 bridgehead atoms. The summed E-state index contributed by atoms with van der Waals surface area (Å²) < 4.78 is 0. The topological polar surface area (TPSA) is 12.0 Å². The van der Waals surface area contributed by atoms with Gasteiger partial charge in [0.1, 0.15) is 0 Å². The van der Waals surface area contributed by atoms with Crippen molar-refractivity contribution in [2.45, 2.75) is 58.9 Å². The first-order valence-electron chi connectivity index (χ1n) is 6.26. The largest absolute Gasteiger partial charge is 0.314 e. The van der Waals surface area contributed by atoms with Gasteiger partial charge in [-0.25, -0.2) is 0 Å². The molecule has 1 N–H and O–H groups in total. The third kappa shape index (κ3) is 3.91. The first kappa shape index (κ1) is 13.7. The third-order valence-corrected chi connectivity index (χ3v) is 4.33. The van der Waals surface area contributed by atoms with Crippen LogP contribution in [0.4, 0.5) is 0 Å². The Bertz CT molecular complexity index is 314. The first-order chi connectivity index (χ1) is 7.45. The van der Waals surface area contributed by atoms with Crippen molar-refractivity contribution in [3.05, 3.63) is 21.9 Å². The lowest BCUT2D eigenvalue weighted by molar-refractivity contribution is 0.395. The summed E-state index contributed by atoms with van der Waals surface area (Å²) in [6.07, 6.45) is 2.41. The number of hydrogen-bond acceptors (Lipinski definition) is 2. The van der Waals surface area contributed by atoms with Crippen molar-refractivity contribution < 1.29 is 0 Å². The van der Waals surface area contributed by atoms with Crippen molar-refractivity contribution in [2.24, 2.45) is 0 Å². The van der Waals surface area contributed by atoms with E-state index >= 15 is 0 Å². The Kier molecular flexibility index (Phi) is 5.00. The van der Waals surface area contributed by atoms with Gasteiger partial charge in [-0.2, -0.15) is 0 Å². The summed E-state index contributed by atoms with van der Waals surface area (Å²) in [7, 11) is 0. The van der Waals surface area contributed by atoms with Crippen molar-refractivity contribution in [1.29, 1.82) is 0 Å². The molecule has 1 atom stereocenters. The van der Waals surface area contributed by atoms with Crippen LogP contribution in [0.2, 0.25) is 0 Å². The minimum atomic E-state index is 0.291. The van der Waals surface area contributed by atoms with Crippen LogP contribution >= 0.6 is 11.3 Å². The normalized spacial score (nSPS) is 14.1. The Morgan fingerprint density at radius 2 is 2.06 bits per heavy atom.